The fourth-order valence-electron chi connectivity index (χ4n) is 1.14. The molecule has 0 saturated carbocycles. The van der Waals surface area contributed by atoms with Gasteiger partial charge in [-0.1, -0.05) is 0 Å². The van der Waals surface area contributed by atoms with E-state index < -0.39 is 17.6 Å². The van der Waals surface area contributed by atoms with Crippen molar-refractivity contribution in [2.24, 2.45) is 0 Å². The average molecular weight is 226 g/mol. The van der Waals surface area contributed by atoms with Gasteiger partial charge in [-0.05, 0) is 18.2 Å². The van der Waals surface area contributed by atoms with E-state index in [1.54, 1.807) is 0 Å². The van der Waals surface area contributed by atoms with E-state index in [-0.39, 0.29) is 17.7 Å². The fraction of sp³-hybridized carbons (Fsp3) is 0.273. The van der Waals surface area contributed by atoms with Crippen LogP contribution in [0.15, 0.2) is 18.2 Å². The molecule has 5 heteroatoms. The van der Waals surface area contributed by atoms with Crippen molar-refractivity contribution < 1.29 is 23.5 Å². The normalized spacial score (nSPS) is 9.69. The second-order valence-electron chi connectivity index (χ2n) is 3.03. The maximum absolute atomic E-state index is 13.0. The molecule has 0 bridgehead atoms. The lowest BCUT2D eigenvalue weighted by atomic mass is 10.1. The van der Waals surface area contributed by atoms with Gasteiger partial charge >= 0.3 is 5.97 Å². The van der Waals surface area contributed by atoms with Gasteiger partial charge in [-0.15, -0.1) is 0 Å². The van der Waals surface area contributed by atoms with Crippen LogP contribution < -0.4 is 4.74 Å². The van der Waals surface area contributed by atoms with Gasteiger partial charge < -0.3 is 9.47 Å². The summed E-state index contributed by atoms with van der Waals surface area (Å²) in [5, 5.41) is 0. The molecule has 4 nitrogen and oxygen atoms in total. The zero-order valence-corrected chi connectivity index (χ0v) is 8.95. The number of Topliss-reactive ketones (excluding diaryl/α,β-unsaturated/α-hetero) is 1. The summed E-state index contributed by atoms with van der Waals surface area (Å²) in [5.41, 5.74) is 0.212. The highest BCUT2D eigenvalue weighted by molar-refractivity contribution is 6.06. The first-order chi connectivity index (χ1) is 7.58. The molecule has 0 N–H and O–H groups in total. The third-order valence-electron chi connectivity index (χ3n) is 2.01. The van der Waals surface area contributed by atoms with E-state index in [9.17, 15) is 14.0 Å². The van der Waals surface area contributed by atoms with Gasteiger partial charge in [-0.2, -0.15) is 0 Å². The van der Waals surface area contributed by atoms with Gasteiger partial charge in [0.25, 0.3) is 0 Å². The van der Waals surface area contributed by atoms with E-state index in [0.717, 1.165) is 6.07 Å². The number of halogens is 1. The van der Waals surface area contributed by atoms with Gasteiger partial charge in [0.2, 0.25) is 0 Å². The zero-order valence-electron chi connectivity index (χ0n) is 8.95. The van der Waals surface area contributed by atoms with Crippen molar-refractivity contribution in [2.45, 2.75) is 6.42 Å². The van der Waals surface area contributed by atoms with Gasteiger partial charge in [-0.25, -0.2) is 4.39 Å². The molecule has 0 fully saturated rings. The molecule has 0 aliphatic carbocycles. The Bertz CT molecular complexity index is 414. The van der Waals surface area contributed by atoms with Crippen LogP contribution in [0.2, 0.25) is 0 Å². The van der Waals surface area contributed by atoms with Gasteiger partial charge in [0.1, 0.15) is 6.42 Å². The summed E-state index contributed by atoms with van der Waals surface area (Å²) in [5.74, 6) is -1.66. The summed E-state index contributed by atoms with van der Waals surface area (Å²) in [6, 6.07) is 3.66. The molecular formula is C11H11FO4. The van der Waals surface area contributed by atoms with E-state index in [4.69, 9.17) is 4.74 Å². The minimum Gasteiger partial charge on any atom is -0.494 e. The zero-order chi connectivity index (χ0) is 12.1. The first kappa shape index (κ1) is 12.2. The van der Waals surface area contributed by atoms with E-state index in [0.29, 0.717) is 0 Å². The number of methoxy groups -OCH3 is 2. The van der Waals surface area contributed by atoms with E-state index in [2.05, 4.69) is 4.74 Å². The number of benzene rings is 1. The minimum absolute atomic E-state index is 0.0317. The van der Waals surface area contributed by atoms with E-state index in [1.807, 2.05) is 0 Å². The number of ketones is 1. The van der Waals surface area contributed by atoms with Gasteiger partial charge in [0.15, 0.2) is 17.3 Å². The molecule has 86 valence electrons. The summed E-state index contributed by atoms with van der Waals surface area (Å²) < 4.78 is 22.1. The third kappa shape index (κ3) is 2.79. The number of carbonyl (C=O) groups excluding carboxylic acids is 2. The maximum atomic E-state index is 13.0. The summed E-state index contributed by atoms with van der Waals surface area (Å²) in [7, 11) is 2.49. The predicted octanol–water partition coefficient (Wildman–Crippen LogP) is 1.58. The monoisotopic (exact) mass is 226 g/mol. The second kappa shape index (κ2) is 5.25. The predicted molar refractivity (Wildman–Crippen MR) is 53.9 cm³/mol. The van der Waals surface area contributed by atoms with Crippen molar-refractivity contribution in [3.63, 3.8) is 0 Å². The Kier molecular flexibility index (Phi) is 3.99. The molecule has 1 aromatic rings. The minimum atomic E-state index is -0.631. The molecule has 0 unspecified atom stereocenters. The Morgan fingerprint density at radius 1 is 1.31 bits per heavy atom. The van der Waals surface area contributed by atoms with Crippen LogP contribution in [-0.2, 0) is 9.53 Å². The highest BCUT2D eigenvalue weighted by Crippen LogP contribution is 2.19. The Hall–Kier alpha value is -1.91. The molecule has 0 aliphatic rings. The molecule has 0 radical (unpaired) electrons. The highest BCUT2D eigenvalue weighted by Gasteiger charge is 2.14. The van der Waals surface area contributed by atoms with Gasteiger partial charge in [0, 0.05) is 5.56 Å². The SMILES string of the molecule is COC(=O)CC(=O)c1ccc(F)c(OC)c1. The first-order valence-electron chi connectivity index (χ1n) is 4.52. The molecule has 0 aliphatic heterocycles. The van der Waals surface area contributed by atoms with Crippen LogP contribution in [0.25, 0.3) is 0 Å². The number of hydrogen-bond donors (Lipinski definition) is 0. The molecule has 0 saturated heterocycles. The molecule has 0 atom stereocenters. The second-order valence-corrected chi connectivity index (χ2v) is 3.03. The lowest BCUT2D eigenvalue weighted by Gasteiger charge is -2.04. The van der Waals surface area contributed by atoms with Crippen LogP contribution in [0, 0.1) is 5.82 Å². The molecule has 0 aromatic heterocycles. The highest BCUT2D eigenvalue weighted by atomic mass is 19.1. The summed E-state index contributed by atoms with van der Waals surface area (Å²) in [6.07, 6.45) is -0.370. The average Bonchev–Trinajstić information content (AvgIpc) is 2.29. The summed E-state index contributed by atoms with van der Waals surface area (Å²) >= 11 is 0. The van der Waals surface area contributed by atoms with Gasteiger partial charge in [0.05, 0.1) is 14.2 Å². The van der Waals surface area contributed by atoms with Crippen molar-refractivity contribution in [3.05, 3.63) is 29.6 Å². The van der Waals surface area contributed by atoms with Crippen LogP contribution in [0.3, 0.4) is 0 Å². The van der Waals surface area contributed by atoms with Crippen molar-refractivity contribution in [3.8, 4) is 5.75 Å². The number of hydrogen-bond acceptors (Lipinski definition) is 4. The Balaban J connectivity index is 2.88. The van der Waals surface area contributed by atoms with Crippen LogP contribution in [0.5, 0.6) is 5.75 Å². The largest absolute Gasteiger partial charge is 0.494 e. The standard InChI is InChI=1S/C11H11FO4/c1-15-10-5-7(3-4-8(10)12)9(13)6-11(14)16-2/h3-5H,6H2,1-2H3. The van der Waals surface area contributed by atoms with Crippen LogP contribution >= 0.6 is 0 Å². The lowest BCUT2D eigenvalue weighted by molar-refractivity contribution is -0.139. The summed E-state index contributed by atoms with van der Waals surface area (Å²) in [4.78, 5) is 22.4. The number of carbonyl (C=O) groups is 2. The van der Waals surface area contributed by atoms with E-state index >= 15 is 0 Å². The fourth-order valence-corrected chi connectivity index (χ4v) is 1.14. The molecule has 0 amide bonds. The smallest absolute Gasteiger partial charge is 0.313 e. The number of esters is 1. The Morgan fingerprint density at radius 3 is 2.56 bits per heavy atom. The Morgan fingerprint density at radius 2 is 2.00 bits per heavy atom. The molecule has 16 heavy (non-hydrogen) atoms. The quantitative estimate of drug-likeness (QED) is 0.444. The lowest BCUT2D eigenvalue weighted by Crippen LogP contribution is -2.09. The van der Waals surface area contributed by atoms with Crippen molar-refractivity contribution in [1.29, 1.82) is 0 Å². The molecule has 1 rings (SSSR count). The van der Waals surface area contributed by atoms with Crippen LogP contribution in [-0.4, -0.2) is 26.0 Å². The molecule has 0 spiro atoms. The Labute approximate surface area is 92.0 Å². The number of ether oxygens (including phenoxy) is 2. The van der Waals surface area contributed by atoms with Crippen LogP contribution in [0.1, 0.15) is 16.8 Å². The van der Waals surface area contributed by atoms with Crippen molar-refractivity contribution in [1.82, 2.24) is 0 Å². The number of rotatable bonds is 4. The molecular weight excluding hydrogens is 215 g/mol. The van der Waals surface area contributed by atoms with Crippen molar-refractivity contribution in [2.75, 3.05) is 14.2 Å². The third-order valence-corrected chi connectivity index (χ3v) is 2.01. The topological polar surface area (TPSA) is 52.6 Å². The maximum Gasteiger partial charge on any atom is 0.313 e. The summed E-state index contributed by atoms with van der Waals surface area (Å²) in [6.45, 7) is 0. The molecule has 0 heterocycles. The molecule has 1 aromatic carbocycles. The van der Waals surface area contributed by atoms with E-state index in [1.165, 1.54) is 26.4 Å². The van der Waals surface area contributed by atoms with Crippen LogP contribution in [0.4, 0.5) is 4.39 Å². The first-order valence-corrected chi connectivity index (χ1v) is 4.52. The van der Waals surface area contributed by atoms with Crippen molar-refractivity contribution >= 4 is 11.8 Å². The van der Waals surface area contributed by atoms with Gasteiger partial charge in [-0.3, -0.25) is 9.59 Å².